The van der Waals surface area contributed by atoms with Crippen LogP contribution in [0.15, 0.2) is 47.0 Å². The number of alkyl halides is 3. The Balaban J connectivity index is 1.57. The number of oxazole rings is 1. The van der Waals surface area contributed by atoms with Crippen molar-refractivity contribution < 1.29 is 22.3 Å². The Hall–Kier alpha value is -3.33. The highest BCUT2D eigenvalue weighted by molar-refractivity contribution is 6.30. The molecule has 6 nitrogen and oxygen atoms in total. The van der Waals surface area contributed by atoms with E-state index in [4.69, 9.17) is 20.8 Å². The van der Waals surface area contributed by atoms with Gasteiger partial charge in [-0.05, 0) is 42.7 Å². The number of hydrogen-bond donors (Lipinski definition) is 0. The third-order valence-electron chi connectivity index (χ3n) is 6.01. The summed E-state index contributed by atoms with van der Waals surface area (Å²) in [7, 11) is 1.56. The van der Waals surface area contributed by atoms with E-state index >= 15 is 0 Å². The Kier molecular flexibility index (Phi) is 5.59. The quantitative estimate of drug-likeness (QED) is 0.327. The van der Waals surface area contributed by atoms with Crippen molar-refractivity contribution in [2.75, 3.05) is 7.11 Å². The van der Waals surface area contributed by atoms with E-state index < -0.39 is 17.7 Å². The van der Waals surface area contributed by atoms with E-state index in [1.165, 1.54) is 12.1 Å². The van der Waals surface area contributed by atoms with Gasteiger partial charge in [-0.15, -0.1) is 10.2 Å². The van der Waals surface area contributed by atoms with Crippen molar-refractivity contribution in [1.82, 2.24) is 19.7 Å². The molecule has 0 spiro atoms. The molecule has 34 heavy (non-hydrogen) atoms. The van der Waals surface area contributed by atoms with Crippen LogP contribution >= 0.6 is 11.6 Å². The summed E-state index contributed by atoms with van der Waals surface area (Å²) in [6.45, 7) is 2.36. The second-order valence-corrected chi connectivity index (χ2v) is 8.55. The largest absolute Gasteiger partial charge is 0.496 e. The Labute approximate surface area is 198 Å². The normalized spacial score (nSPS) is 15.9. The second kappa shape index (κ2) is 8.47. The van der Waals surface area contributed by atoms with E-state index in [1.54, 1.807) is 20.2 Å². The molecule has 5 rings (SSSR count). The lowest BCUT2D eigenvalue weighted by atomic mass is 9.87. The maximum absolute atomic E-state index is 13.8. The molecular weight excluding hydrogens is 469 g/mol. The van der Waals surface area contributed by atoms with Gasteiger partial charge in [0.15, 0.2) is 17.5 Å². The molecule has 0 saturated heterocycles. The van der Waals surface area contributed by atoms with Gasteiger partial charge in [0, 0.05) is 30.0 Å². The summed E-state index contributed by atoms with van der Waals surface area (Å²) >= 11 is 5.88. The van der Waals surface area contributed by atoms with Gasteiger partial charge in [0.25, 0.3) is 0 Å². The van der Waals surface area contributed by atoms with Crippen LogP contribution in [0.2, 0.25) is 5.02 Å². The van der Waals surface area contributed by atoms with Crippen LogP contribution < -0.4 is 4.74 Å². The summed E-state index contributed by atoms with van der Waals surface area (Å²) in [5.74, 6) is 2.22. The van der Waals surface area contributed by atoms with Gasteiger partial charge in [-0.2, -0.15) is 13.2 Å². The maximum atomic E-state index is 13.8. The SMILES string of the molecule is COc1cc(-c2nnc3n2CCC[C@@H]3c2ccc(Cl)cc2C(F)(F)F)ccc1-c1cnc(C)o1. The van der Waals surface area contributed by atoms with E-state index in [1.807, 2.05) is 22.8 Å². The highest BCUT2D eigenvalue weighted by atomic mass is 35.5. The first-order valence-corrected chi connectivity index (χ1v) is 11.0. The van der Waals surface area contributed by atoms with E-state index in [0.717, 1.165) is 17.2 Å². The average Bonchev–Trinajstić information content (AvgIpc) is 3.44. The van der Waals surface area contributed by atoms with Crippen LogP contribution in [-0.2, 0) is 12.7 Å². The highest BCUT2D eigenvalue weighted by Gasteiger charge is 2.38. The Morgan fingerprint density at radius 1 is 1.15 bits per heavy atom. The fraction of sp³-hybridized carbons (Fsp3) is 0.292. The molecule has 0 aliphatic carbocycles. The average molecular weight is 489 g/mol. The number of halogens is 4. The van der Waals surface area contributed by atoms with Gasteiger partial charge < -0.3 is 13.7 Å². The van der Waals surface area contributed by atoms with Crippen molar-refractivity contribution in [3.05, 3.63) is 70.5 Å². The van der Waals surface area contributed by atoms with Gasteiger partial charge in [-0.1, -0.05) is 23.7 Å². The summed E-state index contributed by atoms with van der Waals surface area (Å²) in [6.07, 6.45) is -1.67. The zero-order chi connectivity index (χ0) is 24.0. The molecule has 0 saturated carbocycles. The summed E-state index contributed by atoms with van der Waals surface area (Å²) in [6, 6.07) is 9.42. The van der Waals surface area contributed by atoms with Crippen LogP contribution in [0.4, 0.5) is 13.2 Å². The number of hydrogen-bond acceptors (Lipinski definition) is 5. The first kappa shape index (κ1) is 22.5. The van der Waals surface area contributed by atoms with Gasteiger partial charge in [0.2, 0.25) is 0 Å². The number of ether oxygens (including phenoxy) is 1. The summed E-state index contributed by atoms with van der Waals surface area (Å²) in [4.78, 5) is 4.13. The van der Waals surface area contributed by atoms with Crippen LogP contribution in [0.5, 0.6) is 5.75 Å². The molecule has 0 bridgehead atoms. The molecule has 1 aliphatic heterocycles. The fourth-order valence-electron chi connectivity index (χ4n) is 4.48. The molecule has 2 aromatic carbocycles. The first-order valence-electron chi connectivity index (χ1n) is 10.7. The molecule has 1 aliphatic rings. The van der Waals surface area contributed by atoms with Gasteiger partial charge in [0.05, 0.1) is 24.4 Å². The molecule has 10 heteroatoms. The molecule has 0 unspecified atom stereocenters. The number of methoxy groups -OCH3 is 1. The number of benzene rings is 2. The minimum Gasteiger partial charge on any atom is -0.496 e. The molecule has 0 fully saturated rings. The van der Waals surface area contributed by atoms with Crippen molar-refractivity contribution in [1.29, 1.82) is 0 Å². The lowest BCUT2D eigenvalue weighted by Crippen LogP contribution is -2.21. The molecule has 0 N–H and O–H groups in total. The van der Waals surface area contributed by atoms with Crippen molar-refractivity contribution in [3.8, 4) is 28.5 Å². The summed E-state index contributed by atoms with van der Waals surface area (Å²) < 4.78 is 54.4. The Morgan fingerprint density at radius 3 is 2.68 bits per heavy atom. The number of aromatic nitrogens is 4. The minimum atomic E-state index is -4.52. The molecular formula is C24H20ClF3N4O2. The standard InChI is InChI=1S/C24H20ClF3N4O2/c1-13-29-12-21(34-13)18-7-5-14(10-20(18)33-2)22-30-31-23-17(4-3-9-32(22)23)16-8-6-15(25)11-19(16)24(26,27)28/h5-8,10-12,17H,3-4,9H2,1-2H3/t17-/m1/s1. The number of nitrogens with zero attached hydrogens (tertiary/aromatic N) is 4. The highest BCUT2D eigenvalue weighted by Crippen LogP contribution is 2.43. The lowest BCUT2D eigenvalue weighted by molar-refractivity contribution is -0.138. The van der Waals surface area contributed by atoms with Crippen LogP contribution in [-0.4, -0.2) is 26.9 Å². The van der Waals surface area contributed by atoms with E-state index in [-0.39, 0.29) is 10.6 Å². The molecule has 3 heterocycles. The fourth-order valence-corrected chi connectivity index (χ4v) is 4.65. The van der Waals surface area contributed by atoms with Crippen LogP contribution in [0.1, 0.15) is 41.6 Å². The molecule has 4 aromatic rings. The summed E-state index contributed by atoms with van der Waals surface area (Å²) in [5.41, 5.74) is 0.893. The third kappa shape index (κ3) is 3.94. The second-order valence-electron chi connectivity index (χ2n) is 8.12. The van der Waals surface area contributed by atoms with Gasteiger partial charge >= 0.3 is 6.18 Å². The molecule has 2 aromatic heterocycles. The predicted molar refractivity (Wildman–Crippen MR) is 120 cm³/mol. The summed E-state index contributed by atoms with van der Waals surface area (Å²) in [5, 5.41) is 8.71. The van der Waals surface area contributed by atoms with E-state index in [2.05, 4.69) is 15.2 Å². The van der Waals surface area contributed by atoms with E-state index in [9.17, 15) is 13.2 Å². The predicted octanol–water partition coefficient (Wildman–Crippen LogP) is 6.52. The van der Waals surface area contributed by atoms with E-state index in [0.29, 0.717) is 48.4 Å². The smallest absolute Gasteiger partial charge is 0.416 e. The number of fused-ring (bicyclic) bond motifs is 1. The minimum absolute atomic E-state index is 0.0446. The van der Waals surface area contributed by atoms with Crippen LogP contribution in [0.3, 0.4) is 0 Å². The van der Waals surface area contributed by atoms with Gasteiger partial charge in [-0.3, -0.25) is 0 Å². The van der Waals surface area contributed by atoms with Gasteiger partial charge in [0.1, 0.15) is 11.6 Å². The topological polar surface area (TPSA) is 66.0 Å². The molecule has 0 amide bonds. The van der Waals surface area contributed by atoms with Crippen molar-refractivity contribution in [3.63, 3.8) is 0 Å². The zero-order valence-electron chi connectivity index (χ0n) is 18.4. The monoisotopic (exact) mass is 488 g/mol. The first-order chi connectivity index (χ1) is 16.3. The lowest BCUT2D eigenvalue weighted by Gasteiger charge is -2.26. The van der Waals surface area contributed by atoms with Crippen molar-refractivity contribution >= 4 is 11.6 Å². The van der Waals surface area contributed by atoms with Crippen molar-refractivity contribution in [2.24, 2.45) is 0 Å². The zero-order valence-corrected chi connectivity index (χ0v) is 19.1. The molecule has 0 radical (unpaired) electrons. The third-order valence-corrected chi connectivity index (χ3v) is 6.24. The Morgan fingerprint density at radius 2 is 1.97 bits per heavy atom. The van der Waals surface area contributed by atoms with Crippen LogP contribution in [0, 0.1) is 6.92 Å². The maximum Gasteiger partial charge on any atom is 0.416 e. The molecule has 1 atom stereocenters. The van der Waals surface area contributed by atoms with Gasteiger partial charge in [-0.25, -0.2) is 4.98 Å². The van der Waals surface area contributed by atoms with Crippen LogP contribution in [0.25, 0.3) is 22.7 Å². The number of rotatable bonds is 4. The number of aryl methyl sites for hydroxylation is 1. The molecule has 176 valence electrons. The van der Waals surface area contributed by atoms with Crippen molar-refractivity contribution in [2.45, 2.75) is 38.4 Å². The Bertz CT molecular complexity index is 1360.